The minimum Gasteiger partial charge on any atom is -0.367 e. The number of piperazine rings is 1. The molecule has 3 aliphatic rings. The fourth-order valence-electron chi connectivity index (χ4n) is 4.73. The highest BCUT2D eigenvalue weighted by atomic mass is 19.3. The Bertz CT molecular complexity index is 844. The van der Waals surface area contributed by atoms with E-state index in [0.717, 1.165) is 0 Å². The third-order valence-electron chi connectivity index (χ3n) is 6.58. The fourth-order valence-corrected chi connectivity index (χ4v) is 4.73. The van der Waals surface area contributed by atoms with Crippen LogP contribution >= 0.6 is 0 Å². The topological polar surface area (TPSA) is 81.9 Å². The van der Waals surface area contributed by atoms with Crippen molar-refractivity contribution in [2.75, 3.05) is 50.7 Å². The highest BCUT2D eigenvalue weighted by Crippen LogP contribution is 2.33. The molecule has 170 valence electrons. The Labute approximate surface area is 179 Å². The normalized spacial score (nSPS) is 27.9. The summed E-state index contributed by atoms with van der Waals surface area (Å²) < 4.78 is 43.3. The molecule has 0 saturated carbocycles. The zero-order chi connectivity index (χ0) is 22.2. The number of amides is 2. The molecule has 2 unspecified atom stereocenters. The van der Waals surface area contributed by atoms with Crippen LogP contribution in [0.5, 0.6) is 0 Å². The van der Waals surface area contributed by atoms with Gasteiger partial charge in [0.15, 0.2) is 0 Å². The molecule has 2 atom stereocenters. The summed E-state index contributed by atoms with van der Waals surface area (Å²) in [5, 5.41) is 3.47. The van der Waals surface area contributed by atoms with Crippen molar-refractivity contribution in [3.8, 4) is 0 Å². The van der Waals surface area contributed by atoms with Crippen molar-refractivity contribution in [2.45, 2.75) is 31.1 Å². The van der Waals surface area contributed by atoms with Crippen LogP contribution in [-0.2, 0) is 9.59 Å². The number of imide groups is 1. The van der Waals surface area contributed by atoms with Crippen molar-refractivity contribution >= 4 is 17.5 Å². The van der Waals surface area contributed by atoms with Gasteiger partial charge in [0.25, 0.3) is 5.92 Å². The molecule has 0 aliphatic carbocycles. The summed E-state index contributed by atoms with van der Waals surface area (Å²) >= 11 is 0. The lowest BCUT2D eigenvalue weighted by Crippen LogP contribution is -2.56. The van der Waals surface area contributed by atoms with Crippen molar-refractivity contribution in [1.29, 1.82) is 0 Å². The maximum atomic E-state index is 14.8. The summed E-state index contributed by atoms with van der Waals surface area (Å²) in [5.74, 6) is 0.368. The number of alkyl halides is 2. The van der Waals surface area contributed by atoms with Gasteiger partial charge in [-0.25, -0.2) is 18.2 Å². The molecule has 3 N–H and O–H groups in total. The van der Waals surface area contributed by atoms with Gasteiger partial charge in [0.05, 0.1) is 18.2 Å². The van der Waals surface area contributed by atoms with Crippen LogP contribution in [0, 0.1) is 11.7 Å². The first-order valence-corrected chi connectivity index (χ1v) is 10.7. The molecule has 1 aromatic carbocycles. The van der Waals surface area contributed by atoms with E-state index in [4.69, 9.17) is 5.84 Å². The summed E-state index contributed by atoms with van der Waals surface area (Å²) in [6.45, 7) is 2.59. The molecule has 3 fully saturated rings. The molecule has 3 heterocycles. The second-order valence-electron chi connectivity index (χ2n) is 8.72. The first-order valence-electron chi connectivity index (χ1n) is 10.7. The molecule has 0 aromatic heterocycles. The van der Waals surface area contributed by atoms with Crippen LogP contribution in [0.1, 0.15) is 30.7 Å². The summed E-state index contributed by atoms with van der Waals surface area (Å²) in [6, 6.07) is 4.75. The minimum atomic E-state index is -2.80. The monoisotopic (exact) mass is 439 g/mol. The number of benzene rings is 1. The second kappa shape index (κ2) is 8.76. The van der Waals surface area contributed by atoms with Crippen LogP contribution in [0.2, 0.25) is 0 Å². The number of hydrogen-bond donors (Lipinski definition) is 2. The Morgan fingerprint density at radius 2 is 1.84 bits per heavy atom. The molecule has 7 nitrogen and oxygen atoms in total. The fraction of sp³-hybridized carbons (Fsp3) is 0.619. The zero-order valence-corrected chi connectivity index (χ0v) is 17.3. The standard InChI is InChI=1S/C21H28F3N5O2/c22-17-11-14(16-2-4-19(30)26-20(16)31)1-3-18(17)28-9-7-27(8-10-28)12-15-5-6-29(25)13-21(15,23)24/h1,3,11,15-16H,2,4-10,12-13,25H2,(H,26,30,31). The molecule has 1 aromatic rings. The van der Waals surface area contributed by atoms with Gasteiger partial charge in [-0.2, -0.15) is 0 Å². The third kappa shape index (κ3) is 4.86. The average molecular weight is 439 g/mol. The molecule has 4 rings (SSSR count). The predicted octanol–water partition coefficient (Wildman–Crippen LogP) is 1.30. The first-order chi connectivity index (χ1) is 14.7. The second-order valence-corrected chi connectivity index (χ2v) is 8.72. The van der Waals surface area contributed by atoms with Gasteiger partial charge in [0.1, 0.15) is 5.82 Å². The first kappa shape index (κ1) is 22.0. The van der Waals surface area contributed by atoms with Gasteiger partial charge in [0.2, 0.25) is 11.8 Å². The Morgan fingerprint density at radius 3 is 2.48 bits per heavy atom. The maximum Gasteiger partial charge on any atom is 0.265 e. The average Bonchev–Trinajstić information content (AvgIpc) is 2.70. The number of hydrogen-bond acceptors (Lipinski definition) is 6. The number of carbonyl (C=O) groups excluding carboxylic acids is 2. The Morgan fingerprint density at radius 1 is 1.10 bits per heavy atom. The summed E-state index contributed by atoms with van der Waals surface area (Å²) in [7, 11) is 0. The third-order valence-corrected chi connectivity index (χ3v) is 6.58. The molecule has 0 radical (unpaired) electrons. The highest BCUT2D eigenvalue weighted by molar-refractivity contribution is 6.00. The minimum absolute atomic E-state index is 0.241. The van der Waals surface area contributed by atoms with Crippen LogP contribution in [0.15, 0.2) is 18.2 Å². The van der Waals surface area contributed by atoms with Crippen molar-refractivity contribution in [3.05, 3.63) is 29.6 Å². The predicted molar refractivity (Wildman–Crippen MR) is 109 cm³/mol. The number of carbonyl (C=O) groups is 2. The number of halogens is 3. The number of hydrazine groups is 1. The number of nitrogens with zero attached hydrogens (tertiary/aromatic N) is 3. The van der Waals surface area contributed by atoms with Gasteiger partial charge in [-0.05, 0) is 30.5 Å². The van der Waals surface area contributed by atoms with E-state index in [1.807, 2.05) is 9.80 Å². The van der Waals surface area contributed by atoms with Gasteiger partial charge < -0.3 is 4.90 Å². The van der Waals surface area contributed by atoms with Gasteiger partial charge in [-0.1, -0.05) is 6.07 Å². The molecule has 31 heavy (non-hydrogen) atoms. The largest absolute Gasteiger partial charge is 0.367 e. The van der Waals surface area contributed by atoms with E-state index in [1.54, 1.807) is 12.1 Å². The molecular weight excluding hydrogens is 411 g/mol. The smallest absolute Gasteiger partial charge is 0.265 e. The summed E-state index contributed by atoms with van der Waals surface area (Å²) in [5.41, 5.74) is 0.996. The lowest BCUT2D eigenvalue weighted by molar-refractivity contribution is -0.134. The Hall–Kier alpha value is -2.17. The molecule has 10 heteroatoms. The van der Waals surface area contributed by atoms with E-state index in [0.29, 0.717) is 63.4 Å². The van der Waals surface area contributed by atoms with E-state index in [9.17, 15) is 22.8 Å². The van der Waals surface area contributed by atoms with E-state index >= 15 is 0 Å². The van der Waals surface area contributed by atoms with E-state index in [2.05, 4.69) is 5.32 Å². The Balaban J connectivity index is 1.34. The van der Waals surface area contributed by atoms with Crippen LogP contribution < -0.4 is 16.1 Å². The highest BCUT2D eigenvalue weighted by Gasteiger charge is 2.44. The summed E-state index contributed by atoms with van der Waals surface area (Å²) in [4.78, 5) is 27.3. The number of piperidine rings is 2. The molecule has 3 saturated heterocycles. The Kier molecular flexibility index (Phi) is 6.23. The van der Waals surface area contributed by atoms with Gasteiger partial charge in [0, 0.05) is 51.6 Å². The van der Waals surface area contributed by atoms with E-state index in [-0.39, 0.29) is 12.3 Å². The SMILES string of the molecule is NN1CCC(CN2CCN(c3ccc(C4CCC(=O)NC4=O)cc3F)CC2)C(F)(F)C1. The van der Waals surface area contributed by atoms with Crippen molar-refractivity contribution in [1.82, 2.24) is 15.2 Å². The quantitative estimate of drug-likeness (QED) is 0.544. The number of anilines is 1. The number of rotatable bonds is 4. The lowest BCUT2D eigenvalue weighted by Gasteiger charge is -2.41. The van der Waals surface area contributed by atoms with Crippen molar-refractivity contribution in [2.24, 2.45) is 11.8 Å². The summed E-state index contributed by atoms with van der Waals surface area (Å²) in [6.07, 6.45) is 0.973. The molecule has 2 amide bonds. The van der Waals surface area contributed by atoms with Crippen LogP contribution in [0.4, 0.5) is 18.9 Å². The van der Waals surface area contributed by atoms with E-state index < -0.39 is 36.0 Å². The maximum absolute atomic E-state index is 14.8. The van der Waals surface area contributed by atoms with E-state index in [1.165, 1.54) is 11.1 Å². The number of nitrogens with two attached hydrogens (primary N) is 1. The van der Waals surface area contributed by atoms with Gasteiger partial charge >= 0.3 is 0 Å². The number of nitrogens with one attached hydrogen (secondary N) is 1. The zero-order valence-electron chi connectivity index (χ0n) is 17.3. The van der Waals surface area contributed by atoms with Gasteiger partial charge in [-0.3, -0.25) is 25.6 Å². The molecular formula is C21H28F3N5O2. The molecule has 3 aliphatic heterocycles. The molecule has 0 bridgehead atoms. The van der Waals surface area contributed by atoms with Crippen LogP contribution in [0.25, 0.3) is 0 Å². The molecule has 0 spiro atoms. The lowest BCUT2D eigenvalue weighted by atomic mass is 9.90. The van der Waals surface area contributed by atoms with Crippen LogP contribution in [-0.4, -0.2) is 73.5 Å². The van der Waals surface area contributed by atoms with Gasteiger partial charge in [-0.15, -0.1) is 0 Å². The van der Waals surface area contributed by atoms with Crippen LogP contribution in [0.3, 0.4) is 0 Å². The van der Waals surface area contributed by atoms with Crippen molar-refractivity contribution < 1.29 is 22.8 Å². The van der Waals surface area contributed by atoms with Crippen molar-refractivity contribution in [3.63, 3.8) is 0 Å².